The van der Waals surface area contributed by atoms with Crippen LogP contribution in [0.3, 0.4) is 0 Å². The molecule has 5 nitrogen and oxygen atoms in total. The van der Waals surface area contributed by atoms with Gasteiger partial charge in [0.1, 0.15) is 0 Å². The van der Waals surface area contributed by atoms with E-state index in [4.69, 9.17) is 5.73 Å². The molecule has 0 aliphatic carbocycles. The van der Waals surface area contributed by atoms with E-state index in [1.165, 1.54) is 17.5 Å². The molecule has 0 radical (unpaired) electrons. The summed E-state index contributed by atoms with van der Waals surface area (Å²) in [4.78, 5) is 12.6. The molecule has 0 saturated carbocycles. The van der Waals surface area contributed by atoms with Crippen molar-refractivity contribution in [2.75, 3.05) is 6.54 Å². The number of fused-ring (bicyclic) bond motifs is 2. The van der Waals surface area contributed by atoms with Crippen molar-refractivity contribution in [2.45, 2.75) is 38.3 Å². The maximum atomic E-state index is 12.6. The van der Waals surface area contributed by atoms with Gasteiger partial charge in [0, 0.05) is 24.3 Å². The Morgan fingerprint density at radius 1 is 1.19 bits per heavy atom. The second-order valence-corrected chi connectivity index (χ2v) is 6.94. The first-order valence-electron chi connectivity index (χ1n) is 9.26. The van der Waals surface area contributed by atoms with Crippen molar-refractivity contribution >= 4 is 16.7 Å². The number of nitrogens with zero attached hydrogens (tertiary/aromatic N) is 2. The monoisotopic (exact) mass is 348 g/mol. The smallest absolute Gasteiger partial charge is 0.225 e. The number of hydrogen-bond donors (Lipinski definition) is 2. The van der Waals surface area contributed by atoms with E-state index in [0.29, 0.717) is 13.0 Å². The lowest BCUT2D eigenvalue weighted by atomic mass is 10.0. The van der Waals surface area contributed by atoms with Gasteiger partial charge in [-0.15, -0.1) is 0 Å². The van der Waals surface area contributed by atoms with Gasteiger partial charge in [-0.05, 0) is 41.7 Å². The molecule has 0 spiro atoms. The van der Waals surface area contributed by atoms with Crippen LogP contribution in [0.15, 0.2) is 48.7 Å². The van der Waals surface area contributed by atoms with Crippen molar-refractivity contribution < 1.29 is 4.79 Å². The fourth-order valence-corrected chi connectivity index (χ4v) is 3.75. The van der Waals surface area contributed by atoms with Crippen molar-refractivity contribution in [3.05, 3.63) is 65.5 Å². The van der Waals surface area contributed by atoms with Crippen LogP contribution >= 0.6 is 0 Å². The van der Waals surface area contributed by atoms with Gasteiger partial charge < -0.3 is 11.1 Å². The van der Waals surface area contributed by atoms with E-state index >= 15 is 0 Å². The third-order valence-electron chi connectivity index (χ3n) is 5.17. The van der Waals surface area contributed by atoms with Crippen LogP contribution in [0.25, 0.3) is 10.8 Å². The zero-order valence-corrected chi connectivity index (χ0v) is 14.8. The van der Waals surface area contributed by atoms with Gasteiger partial charge in [-0.2, -0.15) is 5.10 Å². The largest absolute Gasteiger partial charge is 0.348 e. The van der Waals surface area contributed by atoms with Gasteiger partial charge >= 0.3 is 0 Å². The molecular formula is C21H24N4O. The van der Waals surface area contributed by atoms with Crippen LogP contribution < -0.4 is 11.1 Å². The highest BCUT2D eigenvalue weighted by atomic mass is 16.1. The number of nitrogens with one attached hydrogen (secondary N) is 1. The fourth-order valence-electron chi connectivity index (χ4n) is 3.75. The first-order valence-corrected chi connectivity index (χ1v) is 9.26. The maximum Gasteiger partial charge on any atom is 0.225 e. The Bertz CT molecular complexity index is 931. The van der Waals surface area contributed by atoms with Crippen LogP contribution in [0.2, 0.25) is 0 Å². The molecule has 134 valence electrons. The van der Waals surface area contributed by atoms with E-state index in [-0.39, 0.29) is 11.9 Å². The van der Waals surface area contributed by atoms with Gasteiger partial charge in [-0.3, -0.25) is 9.48 Å². The fraction of sp³-hybridized carbons (Fsp3) is 0.333. The summed E-state index contributed by atoms with van der Waals surface area (Å²) in [5.74, 6) is -0.00465. The minimum Gasteiger partial charge on any atom is -0.348 e. The number of amides is 1. The van der Waals surface area contributed by atoms with Crippen molar-refractivity contribution in [1.82, 2.24) is 15.1 Å². The van der Waals surface area contributed by atoms with E-state index in [0.717, 1.165) is 35.9 Å². The highest BCUT2D eigenvalue weighted by molar-refractivity contribution is 5.83. The zero-order chi connectivity index (χ0) is 17.9. The topological polar surface area (TPSA) is 72.9 Å². The average molecular weight is 348 g/mol. The standard InChI is InChI=1S/C21H24N4O/c22-13-19(17-9-8-15-5-1-2-6-16(15)11-17)24-21(26)12-18-14-23-25-10-4-3-7-20(18)25/h1-2,5-6,8-9,11,14,19H,3-4,7,10,12-13,22H2,(H,24,26). The van der Waals surface area contributed by atoms with Crippen LogP contribution in [0.1, 0.15) is 35.7 Å². The molecule has 1 unspecified atom stereocenters. The van der Waals surface area contributed by atoms with Gasteiger partial charge in [-0.25, -0.2) is 0 Å². The summed E-state index contributed by atoms with van der Waals surface area (Å²) in [6.07, 6.45) is 5.54. The molecule has 2 aromatic carbocycles. The Morgan fingerprint density at radius 2 is 2.04 bits per heavy atom. The number of hydrogen-bond acceptors (Lipinski definition) is 3. The number of carbonyl (C=O) groups is 1. The average Bonchev–Trinajstić information content (AvgIpc) is 3.08. The molecule has 1 aromatic heterocycles. The number of rotatable bonds is 5. The van der Waals surface area contributed by atoms with Gasteiger partial charge in [0.15, 0.2) is 0 Å². The van der Waals surface area contributed by atoms with E-state index in [1.807, 2.05) is 29.1 Å². The van der Waals surface area contributed by atoms with Gasteiger partial charge in [0.05, 0.1) is 18.7 Å². The molecule has 1 aliphatic heterocycles. The summed E-state index contributed by atoms with van der Waals surface area (Å²) < 4.78 is 2.04. The van der Waals surface area contributed by atoms with E-state index in [1.54, 1.807) is 0 Å². The maximum absolute atomic E-state index is 12.6. The lowest BCUT2D eigenvalue weighted by Crippen LogP contribution is -2.34. The third-order valence-corrected chi connectivity index (χ3v) is 5.17. The second-order valence-electron chi connectivity index (χ2n) is 6.94. The molecule has 4 rings (SSSR count). The summed E-state index contributed by atoms with van der Waals surface area (Å²) in [6.45, 7) is 1.33. The first kappa shape index (κ1) is 16.8. The normalized spacial score (nSPS) is 14.8. The molecule has 1 aliphatic rings. The molecule has 0 bridgehead atoms. The number of carbonyl (C=O) groups excluding carboxylic acids is 1. The number of aromatic nitrogens is 2. The Balaban J connectivity index is 1.48. The quantitative estimate of drug-likeness (QED) is 0.745. The SMILES string of the molecule is NCC(NC(=O)Cc1cnn2c1CCCC2)c1ccc2ccccc2c1. The molecule has 26 heavy (non-hydrogen) atoms. The van der Waals surface area contributed by atoms with E-state index in [2.05, 4.69) is 34.7 Å². The Morgan fingerprint density at radius 3 is 2.88 bits per heavy atom. The van der Waals surface area contributed by atoms with Crippen molar-refractivity contribution in [1.29, 1.82) is 0 Å². The Hall–Kier alpha value is -2.66. The summed E-state index contributed by atoms with van der Waals surface area (Å²) in [5.41, 5.74) is 9.24. The molecule has 3 N–H and O–H groups in total. The second kappa shape index (κ2) is 7.30. The molecular weight excluding hydrogens is 324 g/mol. The van der Waals surface area contributed by atoms with Crippen LogP contribution in [-0.4, -0.2) is 22.2 Å². The van der Waals surface area contributed by atoms with Gasteiger partial charge in [0.25, 0.3) is 0 Å². The van der Waals surface area contributed by atoms with Crippen LogP contribution in [-0.2, 0) is 24.2 Å². The van der Waals surface area contributed by atoms with Crippen LogP contribution in [0, 0.1) is 0 Å². The third kappa shape index (κ3) is 3.35. The molecule has 1 atom stereocenters. The highest BCUT2D eigenvalue weighted by Gasteiger charge is 2.19. The minimum absolute atomic E-state index is 0.00465. The van der Waals surface area contributed by atoms with Crippen LogP contribution in [0.5, 0.6) is 0 Å². The lowest BCUT2D eigenvalue weighted by molar-refractivity contribution is -0.121. The lowest BCUT2D eigenvalue weighted by Gasteiger charge is -2.19. The highest BCUT2D eigenvalue weighted by Crippen LogP contribution is 2.21. The molecule has 3 aromatic rings. The van der Waals surface area contributed by atoms with Crippen molar-refractivity contribution in [3.8, 4) is 0 Å². The summed E-state index contributed by atoms with van der Waals surface area (Å²) >= 11 is 0. The zero-order valence-electron chi connectivity index (χ0n) is 14.8. The first-order chi connectivity index (χ1) is 12.7. The summed E-state index contributed by atoms with van der Waals surface area (Å²) in [6, 6.07) is 14.2. The van der Waals surface area contributed by atoms with Gasteiger partial charge in [0.2, 0.25) is 5.91 Å². The summed E-state index contributed by atoms with van der Waals surface area (Å²) in [5, 5.41) is 9.85. The van der Waals surface area contributed by atoms with E-state index in [9.17, 15) is 4.79 Å². The molecule has 5 heteroatoms. The van der Waals surface area contributed by atoms with E-state index < -0.39 is 0 Å². The predicted molar refractivity (Wildman–Crippen MR) is 103 cm³/mol. The Labute approximate surface area is 153 Å². The predicted octanol–water partition coefficient (Wildman–Crippen LogP) is 2.73. The minimum atomic E-state index is -0.182. The number of benzene rings is 2. The van der Waals surface area contributed by atoms with Crippen molar-refractivity contribution in [2.24, 2.45) is 5.73 Å². The van der Waals surface area contributed by atoms with Crippen molar-refractivity contribution in [3.63, 3.8) is 0 Å². The molecule has 2 heterocycles. The Kier molecular flexibility index (Phi) is 4.71. The molecule has 1 amide bonds. The number of aryl methyl sites for hydroxylation is 1. The summed E-state index contributed by atoms with van der Waals surface area (Å²) in [7, 11) is 0. The molecule has 0 saturated heterocycles. The number of nitrogens with two attached hydrogens (primary N) is 1. The molecule has 0 fully saturated rings. The van der Waals surface area contributed by atoms with Crippen LogP contribution in [0.4, 0.5) is 0 Å². The van der Waals surface area contributed by atoms with Gasteiger partial charge in [-0.1, -0.05) is 36.4 Å².